The Bertz CT molecular complexity index is 362. The molecule has 0 saturated heterocycles. The minimum Gasteiger partial charge on any atom is -0.369 e. The molecule has 0 aromatic carbocycles. The quantitative estimate of drug-likeness (QED) is 0.787. The van der Waals surface area contributed by atoms with Crippen LogP contribution in [0.3, 0.4) is 0 Å². The summed E-state index contributed by atoms with van der Waals surface area (Å²) in [6.45, 7) is 9.59. The normalized spacial score (nSPS) is 10.9. The van der Waals surface area contributed by atoms with Gasteiger partial charge in [-0.25, -0.2) is 9.97 Å². The van der Waals surface area contributed by atoms with E-state index < -0.39 is 0 Å². The predicted molar refractivity (Wildman–Crippen MR) is 81.6 cm³/mol. The molecule has 0 aliphatic heterocycles. The van der Waals surface area contributed by atoms with Crippen LogP contribution in [0.2, 0.25) is 0 Å². The zero-order chi connectivity index (χ0) is 12.8. The van der Waals surface area contributed by atoms with Gasteiger partial charge in [0.25, 0.3) is 0 Å². The molecule has 96 valence electrons. The van der Waals surface area contributed by atoms with Crippen molar-refractivity contribution in [1.82, 2.24) is 9.97 Å². The second-order valence-corrected chi connectivity index (χ2v) is 5.35. The van der Waals surface area contributed by atoms with Crippen LogP contribution in [-0.2, 0) is 0 Å². The van der Waals surface area contributed by atoms with Crippen LogP contribution in [0.5, 0.6) is 0 Å². The SMILES string of the molecule is CCCNc1nc(C(CC)CC)nc(C)c1I. The van der Waals surface area contributed by atoms with Gasteiger partial charge in [0.15, 0.2) is 0 Å². The maximum Gasteiger partial charge on any atom is 0.143 e. The average Bonchev–Trinajstić information content (AvgIpc) is 2.33. The molecule has 0 unspecified atom stereocenters. The fourth-order valence-corrected chi connectivity index (χ4v) is 2.21. The van der Waals surface area contributed by atoms with Gasteiger partial charge < -0.3 is 5.32 Å². The summed E-state index contributed by atoms with van der Waals surface area (Å²) < 4.78 is 1.14. The predicted octanol–water partition coefficient (Wildman–Crippen LogP) is 4.12. The molecule has 4 heteroatoms. The van der Waals surface area contributed by atoms with Crippen LogP contribution >= 0.6 is 22.6 Å². The number of hydrogen-bond acceptors (Lipinski definition) is 3. The number of nitrogens with zero attached hydrogens (tertiary/aromatic N) is 2. The topological polar surface area (TPSA) is 37.8 Å². The van der Waals surface area contributed by atoms with E-state index in [1.807, 2.05) is 0 Å². The minimum absolute atomic E-state index is 0.480. The van der Waals surface area contributed by atoms with Crippen LogP contribution < -0.4 is 5.32 Å². The molecule has 0 aliphatic carbocycles. The van der Waals surface area contributed by atoms with Gasteiger partial charge in [-0.3, -0.25) is 0 Å². The zero-order valence-corrected chi connectivity index (χ0v) is 13.3. The molecule has 0 fully saturated rings. The molecule has 0 spiro atoms. The van der Waals surface area contributed by atoms with E-state index in [9.17, 15) is 0 Å². The van der Waals surface area contributed by atoms with Crippen LogP contribution in [0, 0.1) is 10.5 Å². The molecule has 1 heterocycles. The molecular formula is C13H22IN3. The number of aryl methyl sites for hydroxylation is 1. The molecule has 1 rings (SSSR count). The molecule has 0 radical (unpaired) electrons. The number of nitrogens with one attached hydrogen (secondary N) is 1. The largest absolute Gasteiger partial charge is 0.369 e. The summed E-state index contributed by atoms with van der Waals surface area (Å²) >= 11 is 2.32. The Labute approximate surface area is 118 Å². The molecule has 0 amide bonds. The van der Waals surface area contributed by atoms with Crippen molar-refractivity contribution in [3.05, 3.63) is 15.1 Å². The van der Waals surface area contributed by atoms with Crippen molar-refractivity contribution in [2.75, 3.05) is 11.9 Å². The van der Waals surface area contributed by atoms with Gasteiger partial charge in [-0.05, 0) is 48.8 Å². The Balaban J connectivity index is 3.04. The van der Waals surface area contributed by atoms with Crippen molar-refractivity contribution in [2.24, 2.45) is 0 Å². The van der Waals surface area contributed by atoms with Gasteiger partial charge >= 0.3 is 0 Å². The summed E-state index contributed by atoms with van der Waals surface area (Å²) in [6, 6.07) is 0. The molecule has 1 aromatic heterocycles. The highest BCUT2D eigenvalue weighted by Gasteiger charge is 2.14. The molecule has 3 nitrogen and oxygen atoms in total. The molecule has 0 bridgehead atoms. The highest BCUT2D eigenvalue weighted by Crippen LogP contribution is 2.25. The smallest absolute Gasteiger partial charge is 0.143 e. The van der Waals surface area contributed by atoms with Gasteiger partial charge in [0.2, 0.25) is 0 Å². The summed E-state index contributed by atoms with van der Waals surface area (Å²) in [6.07, 6.45) is 3.31. The third-order valence-corrected chi connectivity index (χ3v) is 4.22. The van der Waals surface area contributed by atoms with Gasteiger partial charge in [-0.1, -0.05) is 20.8 Å². The van der Waals surface area contributed by atoms with E-state index in [-0.39, 0.29) is 0 Å². The van der Waals surface area contributed by atoms with E-state index in [1.54, 1.807) is 0 Å². The maximum atomic E-state index is 4.68. The number of rotatable bonds is 6. The van der Waals surface area contributed by atoms with Crippen molar-refractivity contribution >= 4 is 28.4 Å². The van der Waals surface area contributed by atoms with Crippen molar-refractivity contribution in [3.8, 4) is 0 Å². The van der Waals surface area contributed by atoms with Crippen molar-refractivity contribution in [3.63, 3.8) is 0 Å². The monoisotopic (exact) mass is 347 g/mol. The summed E-state index contributed by atoms with van der Waals surface area (Å²) in [5, 5.41) is 3.39. The van der Waals surface area contributed by atoms with Gasteiger partial charge in [0.1, 0.15) is 11.6 Å². The first-order valence-corrected chi connectivity index (χ1v) is 7.49. The first-order valence-electron chi connectivity index (χ1n) is 6.41. The number of halogens is 1. The molecule has 0 atom stereocenters. The summed E-state index contributed by atoms with van der Waals surface area (Å²) in [7, 11) is 0. The molecule has 0 aliphatic rings. The van der Waals surface area contributed by atoms with E-state index in [2.05, 4.69) is 65.6 Å². The molecule has 0 saturated carbocycles. The molecule has 1 N–H and O–H groups in total. The van der Waals surface area contributed by atoms with E-state index in [0.29, 0.717) is 5.92 Å². The third kappa shape index (κ3) is 3.79. The number of anilines is 1. The maximum absolute atomic E-state index is 4.68. The van der Waals surface area contributed by atoms with E-state index in [1.165, 1.54) is 0 Å². The van der Waals surface area contributed by atoms with Crippen LogP contribution in [0.15, 0.2) is 0 Å². The van der Waals surface area contributed by atoms with Crippen molar-refractivity contribution in [1.29, 1.82) is 0 Å². The van der Waals surface area contributed by atoms with Crippen LogP contribution in [-0.4, -0.2) is 16.5 Å². The minimum atomic E-state index is 0.480. The van der Waals surface area contributed by atoms with Gasteiger partial charge in [-0.15, -0.1) is 0 Å². The Morgan fingerprint density at radius 1 is 1.18 bits per heavy atom. The Morgan fingerprint density at radius 2 is 1.82 bits per heavy atom. The number of aromatic nitrogens is 2. The van der Waals surface area contributed by atoms with Gasteiger partial charge in [0.05, 0.1) is 9.26 Å². The number of hydrogen-bond donors (Lipinski definition) is 1. The first kappa shape index (κ1) is 14.7. The van der Waals surface area contributed by atoms with Gasteiger partial charge in [0, 0.05) is 12.5 Å². The summed E-state index contributed by atoms with van der Waals surface area (Å²) in [5.41, 5.74) is 1.08. The lowest BCUT2D eigenvalue weighted by Gasteiger charge is -2.15. The highest BCUT2D eigenvalue weighted by atomic mass is 127. The molecule has 1 aromatic rings. The Morgan fingerprint density at radius 3 is 2.35 bits per heavy atom. The fraction of sp³-hybridized carbons (Fsp3) is 0.692. The average molecular weight is 347 g/mol. The van der Waals surface area contributed by atoms with Crippen molar-refractivity contribution in [2.45, 2.75) is 52.9 Å². The third-order valence-electron chi connectivity index (χ3n) is 2.93. The van der Waals surface area contributed by atoms with Crippen molar-refractivity contribution < 1.29 is 0 Å². The summed E-state index contributed by atoms with van der Waals surface area (Å²) in [4.78, 5) is 9.31. The van der Waals surface area contributed by atoms with E-state index in [4.69, 9.17) is 0 Å². The molecule has 17 heavy (non-hydrogen) atoms. The van der Waals surface area contributed by atoms with Crippen LogP contribution in [0.4, 0.5) is 5.82 Å². The Kier molecular flexibility index (Phi) is 6.16. The lowest BCUT2D eigenvalue weighted by atomic mass is 10.0. The van der Waals surface area contributed by atoms with E-state index in [0.717, 1.165) is 46.7 Å². The second-order valence-electron chi connectivity index (χ2n) is 4.27. The summed E-state index contributed by atoms with van der Waals surface area (Å²) in [5.74, 6) is 2.47. The molecular weight excluding hydrogens is 325 g/mol. The lowest BCUT2D eigenvalue weighted by molar-refractivity contribution is 0.599. The standard InChI is InChI=1S/C13H22IN3/c1-5-8-15-13-11(14)9(4)16-12(17-13)10(6-2)7-3/h10H,5-8H2,1-4H3,(H,15,16,17). The van der Waals surface area contributed by atoms with Crippen LogP contribution in [0.25, 0.3) is 0 Å². The lowest BCUT2D eigenvalue weighted by Crippen LogP contribution is -2.11. The second kappa shape index (κ2) is 7.13. The van der Waals surface area contributed by atoms with E-state index >= 15 is 0 Å². The van der Waals surface area contributed by atoms with Crippen LogP contribution in [0.1, 0.15) is 57.5 Å². The Hall–Kier alpha value is -0.390. The zero-order valence-electron chi connectivity index (χ0n) is 11.2. The fourth-order valence-electron chi connectivity index (χ4n) is 1.78. The highest BCUT2D eigenvalue weighted by molar-refractivity contribution is 14.1. The first-order chi connectivity index (χ1) is 8.13. The van der Waals surface area contributed by atoms with Gasteiger partial charge in [-0.2, -0.15) is 0 Å².